The van der Waals surface area contributed by atoms with Gasteiger partial charge in [0.25, 0.3) is 0 Å². The van der Waals surface area contributed by atoms with Gasteiger partial charge in [0.2, 0.25) is 12.7 Å². The average Bonchev–Trinajstić information content (AvgIpc) is 3.08. The van der Waals surface area contributed by atoms with Crippen molar-refractivity contribution in [2.75, 3.05) is 6.79 Å². The van der Waals surface area contributed by atoms with E-state index in [0.717, 1.165) is 22.6 Å². The molecular formula is C19H15FN2O3. The van der Waals surface area contributed by atoms with E-state index in [9.17, 15) is 4.39 Å². The Bertz CT molecular complexity index is 913. The monoisotopic (exact) mass is 338 g/mol. The molecule has 25 heavy (non-hydrogen) atoms. The van der Waals surface area contributed by atoms with Gasteiger partial charge in [-0.05, 0) is 48.9 Å². The Morgan fingerprint density at radius 1 is 1.00 bits per heavy atom. The lowest BCUT2D eigenvalue weighted by Crippen LogP contribution is -2.00. The highest BCUT2D eigenvalue weighted by atomic mass is 19.1. The van der Waals surface area contributed by atoms with E-state index in [1.54, 1.807) is 18.2 Å². The van der Waals surface area contributed by atoms with Crippen LogP contribution in [0.5, 0.6) is 17.4 Å². The zero-order chi connectivity index (χ0) is 17.2. The molecule has 0 fully saturated rings. The van der Waals surface area contributed by atoms with E-state index in [0.29, 0.717) is 24.1 Å². The van der Waals surface area contributed by atoms with Crippen LogP contribution in [-0.4, -0.2) is 16.8 Å². The van der Waals surface area contributed by atoms with Crippen molar-refractivity contribution in [1.29, 1.82) is 0 Å². The lowest BCUT2D eigenvalue weighted by atomic mass is 10.2. The summed E-state index contributed by atoms with van der Waals surface area (Å²) in [5.74, 6) is 2.12. The number of rotatable bonds is 4. The first-order valence-corrected chi connectivity index (χ1v) is 7.80. The molecule has 0 spiro atoms. The molecule has 0 amide bonds. The van der Waals surface area contributed by atoms with Crippen molar-refractivity contribution in [3.63, 3.8) is 0 Å². The van der Waals surface area contributed by atoms with Crippen molar-refractivity contribution in [2.45, 2.75) is 13.5 Å². The van der Waals surface area contributed by atoms with Crippen molar-refractivity contribution in [3.8, 4) is 28.8 Å². The molecule has 0 atom stereocenters. The predicted molar refractivity (Wildman–Crippen MR) is 89.1 cm³/mol. The minimum absolute atomic E-state index is 0.242. The number of fused-ring (bicyclic) bond motifs is 1. The van der Waals surface area contributed by atoms with Gasteiger partial charge >= 0.3 is 0 Å². The van der Waals surface area contributed by atoms with Crippen molar-refractivity contribution in [1.82, 2.24) is 9.97 Å². The summed E-state index contributed by atoms with van der Waals surface area (Å²) in [4.78, 5) is 8.80. The third kappa shape index (κ3) is 3.38. The first-order valence-electron chi connectivity index (χ1n) is 7.80. The van der Waals surface area contributed by atoms with Crippen LogP contribution in [0.1, 0.15) is 11.3 Å². The number of aryl methyl sites for hydroxylation is 1. The Balaban J connectivity index is 1.53. The molecule has 0 saturated heterocycles. The fraction of sp³-hybridized carbons (Fsp3) is 0.158. The molecule has 5 nitrogen and oxygen atoms in total. The van der Waals surface area contributed by atoms with Crippen LogP contribution in [0.4, 0.5) is 4.39 Å². The van der Waals surface area contributed by atoms with Gasteiger partial charge in [-0.1, -0.05) is 6.07 Å². The summed E-state index contributed by atoms with van der Waals surface area (Å²) in [6.07, 6.45) is 0. The molecule has 0 radical (unpaired) electrons. The van der Waals surface area contributed by atoms with Crippen LogP contribution in [0, 0.1) is 12.7 Å². The third-order valence-electron chi connectivity index (χ3n) is 3.76. The second-order valence-electron chi connectivity index (χ2n) is 5.65. The van der Waals surface area contributed by atoms with Gasteiger partial charge in [-0.3, -0.25) is 0 Å². The summed E-state index contributed by atoms with van der Waals surface area (Å²) in [6, 6.07) is 13.5. The molecule has 2 aromatic carbocycles. The smallest absolute Gasteiger partial charge is 0.231 e. The molecule has 0 unspecified atom stereocenters. The SMILES string of the molecule is Cc1cc(OCc2ccc3c(c2)OCO3)nc(-c2ccc(F)cc2)n1. The summed E-state index contributed by atoms with van der Waals surface area (Å²) in [7, 11) is 0. The molecule has 0 saturated carbocycles. The highest BCUT2D eigenvalue weighted by Crippen LogP contribution is 2.32. The summed E-state index contributed by atoms with van der Waals surface area (Å²) in [6.45, 7) is 2.45. The summed E-state index contributed by atoms with van der Waals surface area (Å²) in [5.41, 5.74) is 2.46. The second-order valence-corrected chi connectivity index (χ2v) is 5.65. The Labute approximate surface area is 144 Å². The Hall–Kier alpha value is -3.15. The molecule has 1 aliphatic rings. The minimum atomic E-state index is -0.296. The zero-order valence-electron chi connectivity index (χ0n) is 13.5. The number of benzene rings is 2. The Kier molecular flexibility index (Phi) is 3.93. The Morgan fingerprint density at radius 3 is 2.64 bits per heavy atom. The van der Waals surface area contributed by atoms with Crippen LogP contribution in [0.25, 0.3) is 11.4 Å². The summed E-state index contributed by atoms with van der Waals surface area (Å²) >= 11 is 0. The number of nitrogens with zero attached hydrogens (tertiary/aromatic N) is 2. The fourth-order valence-corrected chi connectivity index (χ4v) is 2.53. The standard InChI is InChI=1S/C19H15FN2O3/c1-12-8-18(22-19(21-12)14-3-5-15(20)6-4-14)23-10-13-2-7-16-17(9-13)25-11-24-16/h2-9H,10-11H2,1H3. The molecular weight excluding hydrogens is 323 g/mol. The molecule has 4 rings (SSSR count). The normalized spacial score (nSPS) is 12.2. The maximum Gasteiger partial charge on any atom is 0.231 e. The molecule has 2 heterocycles. The van der Waals surface area contributed by atoms with Crippen LogP contribution in [0.2, 0.25) is 0 Å². The molecule has 0 aliphatic carbocycles. The molecule has 0 N–H and O–H groups in total. The van der Waals surface area contributed by atoms with E-state index < -0.39 is 0 Å². The van der Waals surface area contributed by atoms with E-state index in [4.69, 9.17) is 14.2 Å². The molecule has 3 aromatic rings. The summed E-state index contributed by atoms with van der Waals surface area (Å²) < 4.78 is 29.5. The molecule has 0 bridgehead atoms. The van der Waals surface area contributed by atoms with Crippen LogP contribution in [0.3, 0.4) is 0 Å². The van der Waals surface area contributed by atoms with E-state index >= 15 is 0 Å². The lowest BCUT2D eigenvalue weighted by Gasteiger charge is -2.09. The van der Waals surface area contributed by atoms with Gasteiger partial charge in [0.05, 0.1) is 0 Å². The van der Waals surface area contributed by atoms with Gasteiger partial charge in [-0.15, -0.1) is 0 Å². The van der Waals surface area contributed by atoms with Gasteiger partial charge < -0.3 is 14.2 Å². The van der Waals surface area contributed by atoms with E-state index in [-0.39, 0.29) is 12.6 Å². The van der Waals surface area contributed by atoms with E-state index in [2.05, 4.69) is 9.97 Å². The van der Waals surface area contributed by atoms with Gasteiger partial charge in [-0.25, -0.2) is 9.37 Å². The molecule has 1 aliphatic heterocycles. The number of hydrogen-bond donors (Lipinski definition) is 0. The van der Waals surface area contributed by atoms with Gasteiger partial charge in [0.1, 0.15) is 12.4 Å². The average molecular weight is 338 g/mol. The maximum absolute atomic E-state index is 13.1. The predicted octanol–water partition coefficient (Wildman–Crippen LogP) is 3.90. The number of halogens is 1. The topological polar surface area (TPSA) is 53.5 Å². The minimum Gasteiger partial charge on any atom is -0.473 e. The van der Waals surface area contributed by atoms with E-state index in [1.807, 2.05) is 25.1 Å². The van der Waals surface area contributed by atoms with Crippen molar-refractivity contribution >= 4 is 0 Å². The Morgan fingerprint density at radius 2 is 1.80 bits per heavy atom. The van der Waals surface area contributed by atoms with Gasteiger partial charge in [0, 0.05) is 17.3 Å². The lowest BCUT2D eigenvalue weighted by molar-refractivity contribution is 0.174. The fourth-order valence-electron chi connectivity index (χ4n) is 2.53. The zero-order valence-corrected chi connectivity index (χ0v) is 13.5. The van der Waals surface area contributed by atoms with Crippen LogP contribution < -0.4 is 14.2 Å². The van der Waals surface area contributed by atoms with Crippen LogP contribution >= 0.6 is 0 Å². The number of hydrogen-bond acceptors (Lipinski definition) is 5. The van der Waals surface area contributed by atoms with Gasteiger partial charge in [0.15, 0.2) is 17.3 Å². The summed E-state index contributed by atoms with van der Waals surface area (Å²) in [5, 5.41) is 0. The number of aromatic nitrogens is 2. The van der Waals surface area contributed by atoms with Crippen molar-refractivity contribution < 1.29 is 18.6 Å². The van der Waals surface area contributed by atoms with Crippen molar-refractivity contribution in [2.24, 2.45) is 0 Å². The van der Waals surface area contributed by atoms with Crippen LogP contribution in [-0.2, 0) is 6.61 Å². The van der Waals surface area contributed by atoms with Crippen molar-refractivity contribution in [3.05, 3.63) is 65.6 Å². The molecule has 126 valence electrons. The first-order chi connectivity index (χ1) is 12.2. The first kappa shape index (κ1) is 15.4. The maximum atomic E-state index is 13.1. The second kappa shape index (κ2) is 6.39. The highest BCUT2D eigenvalue weighted by molar-refractivity contribution is 5.55. The quantitative estimate of drug-likeness (QED) is 0.722. The number of ether oxygens (including phenoxy) is 3. The third-order valence-corrected chi connectivity index (χ3v) is 3.76. The largest absolute Gasteiger partial charge is 0.473 e. The highest BCUT2D eigenvalue weighted by Gasteiger charge is 2.13. The van der Waals surface area contributed by atoms with Gasteiger partial charge in [-0.2, -0.15) is 4.98 Å². The van der Waals surface area contributed by atoms with Crippen LogP contribution in [0.15, 0.2) is 48.5 Å². The van der Waals surface area contributed by atoms with E-state index in [1.165, 1.54) is 12.1 Å². The molecule has 6 heteroatoms. The molecule has 1 aromatic heterocycles.